The molecule has 0 bridgehead atoms. The van der Waals surface area contributed by atoms with Gasteiger partial charge in [-0.25, -0.2) is 13.4 Å². The van der Waals surface area contributed by atoms with Crippen LogP contribution in [0, 0.1) is 6.92 Å². The maximum atomic E-state index is 11.6. The Morgan fingerprint density at radius 3 is 2.36 bits per heavy atom. The van der Waals surface area contributed by atoms with E-state index in [1.807, 2.05) is 32.0 Å². The van der Waals surface area contributed by atoms with E-state index < -0.39 is 9.84 Å². The Morgan fingerprint density at radius 1 is 1.12 bits per heavy atom. The van der Waals surface area contributed by atoms with Gasteiger partial charge in [0.25, 0.3) is 0 Å². The summed E-state index contributed by atoms with van der Waals surface area (Å²) in [4.78, 5) is 11.7. The van der Waals surface area contributed by atoms with Gasteiger partial charge in [0.05, 0.1) is 4.90 Å². The highest BCUT2D eigenvalue weighted by molar-refractivity contribution is 7.90. The smallest absolute Gasteiger partial charge is 0.227 e. The molecule has 0 radical (unpaired) electrons. The molecule has 1 aromatic heterocycles. The van der Waals surface area contributed by atoms with Crippen molar-refractivity contribution in [1.29, 1.82) is 0 Å². The van der Waals surface area contributed by atoms with Gasteiger partial charge in [-0.3, -0.25) is 0 Å². The molecule has 7 heteroatoms. The summed E-state index contributed by atoms with van der Waals surface area (Å²) in [6.45, 7) is 6.01. The van der Waals surface area contributed by atoms with Gasteiger partial charge in [0.15, 0.2) is 9.84 Å². The number of nitrogens with one attached hydrogen (secondary N) is 1. The van der Waals surface area contributed by atoms with Crippen molar-refractivity contribution in [3.05, 3.63) is 41.6 Å². The Balaban J connectivity index is 1.77. The summed E-state index contributed by atoms with van der Waals surface area (Å²) in [7, 11) is -3.17. The molecule has 1 aliphatic heterocycles. The SMILES string of the molecule is Cc1cc(NC(C)c2ccc(S(C)(=O)=O)cc2)nc(N2CCCC2)n1. The first-order chi connectivity index (χ1) is 11.8. The average molecular weight is 360 g/mol. The van der Waals surface area contributed by atoms with Crippen molar-refractivity contribution in [2.24, 2.45) is 0 Å². The van der Waals surface area contributed by atoms with Crippen LogP contribution in [0.1, 0.15) is 37.1 Å². The normalized spacial score (nSPS) is 16.0. The molecule has 6 nitrogen and oxygen atoms in total. The van der Waals surface area contributed by atoms with Crippen LogP contribution in [0.15, 0.2) is 35.2 Å². The number of aromatic nitrogens is 2. The molecule has 1 N–H and O–H groups in total. The lowest BCUT2D eigenvalue weighted by Gasteiger charge is -2.19. The van der Waals surface area contributed by atoms with Crippen molar-refractivity contribution in [1.82, 2.24) is 9.97 Å². The highest BCUT2D eigenvalue weighted by Crippen LogP contribution is 2.23. The molecule has 2 aromatic rings. The predicted octanol–water partition coefficient (Wildman–Crippen LogP) is 2.96. The lowest BCUT2D eigenvalue weighted by molar-refractivity contribution is 0.602. The van der Waals surface area contributed by atoms with Crippen LogP contribution in [0.5, 0.6) is 0 Å². The highest BCUT2D eigenvalue weighted by Gasteiger charge is 2.17. The summed E-state index contributed by atoms with van der Waals surface area (Å²) < 4.78 is 23.1. The quantitative estimate of drug-likeness (QED) is 0.883. The van der Waals surface area contributed by atoms with E-state index in [9.17, 15) is 8.42 Å². The van der Waals surface area contributed by atoms with E-state index in [0.29, 0.717) is 4.90 Å². The third-order valence-electron chi connectivity index (χ3n) is 4.40. The minimum Gasteiger partial charge on any atom is -0.363 e. The van der Waals surface area contributed by atoms with Crippen molar-refractivity contribution in [3.8, 4) is 0 Å². The van der Waals surface area contributed by atoms with Crippen LogP contribution in [0.25, 0.3) is 0 Å². The second-order valence-electron chi connectivity index (χ2n) is 6.60. The molecular weight excluding hydrogens is 336 g/mol. The molecule has 0 amide bonds. The number of anilines is 2. The molecule has 25 heavy (non-hydrogen) atoms. The topological polar surface area (TPSA) is 75.2 Å². The van der Waals surface area contributed by atoms with Crippen LogP contribution in [-0.2, 0) is 9.84 Å². The number of nitrogens with zero attached hydrogens (tertiary/aromatic N) is 3. The second kappa shape index (κ2) is 7.00. The van der Waals surface area contributed by atoms with Crippen LogP contribution >= 0.6 is 0 Å². The minimum atomic E-state index is -3.17. The first kappa shape index (κ1) is 17.7. The molecule has 3 rings (SSSR count). The van der Waals surface area contributed by atoms with Crippen LogP contribution in [0.2, 0.25) is 0 Å². The number of aryl methyl sites for hydroxylation is 1. The molecular formula is C18H24N4O2S. The molecule has 1 atom stereocenters. The Morgan fingerprint density at radius 2 is 1.76 bits per heavy atom. The number of sulfone groups is 1. The lowest BCUT2D eigenvalue weighted by Crippen LogP contribution is -2.21. The molecule has 0 aliphatic carbocycles. The fourth-order valence-electron chi connectivity index (χ4n) is 2.99. The summed E-state index contributed by atoms with van der Waals surface area (Å²) in [5, 5.41) is 3.39. The zero-order valence-corrected chi connectivity index (χ0v) is 15.7. The van der Waals surface area contributed by atoms with Gasteiger partial charge in [-0.2, -0.15) is 4.98 Å². The number of hydrogen-bond donors (Lipinski definition) is 1. The standard InChI is InChI=1S/C18H24N4O2S/c1-13-12-17(21-18(19-13)22-10-4-5-11-22)20-14(2)15-6-8-16(9-7-15)25(3,23)24/h6-9,12,14H,4-5,10-11H2,1-3H3,(H,19,20,21). The second-order valence-corrected chi connectivity index (χ2v) is 8.61. The van der Waals surface area contributed by atoms with Crippen molar-refractivity contribution >= 4 is 21.6 Å². The van der Waals surface area contributed by atoms with E-state index in [1.54, 1.807) is 12.1 Å². The number of benzene rings is 1. The molecule has 1 aliphatic rings. The lowest BCUT2D eigenvalue weighted by atomic mass is 10.1. The van der Waals surface area contributed by atoms with Crippen molar-refractivity contribution in [3.63, 3.8) is 0 Å². The van der Waals surface area contributed by atoms with Crippen LogP contribution in [0.4, 0.5) is 11.8 Å². The van der Waals surface area contributed by atoms with Gasteiger partial charge >= 0.3 is 0 Å². The van der Waals surface area contributed by atoms with E-state index in [2.05, 4.69) is 20.2 Å². The van der Waals surface area contributed by atoms with Crippen LogP contribution in [0.3, 0.4) is 0 Å². The van der Waals surface area contributed by atoms with E-state index in [-0.39, 0.29) is 6.04 Å². The number of rotatable bonds is 5. The molecule has 1 aromatic carbocycles. The summed E-state index contributed by atoms with van der Waals surface area (Å²) in [5.41, 5.74) is 1.94. The molecule has 1 unspecified atom stereocenters. The largest absolute Gasteiger partial charge is 0.363 e. The Bertz CT molecular complexity index is 844. The summed E-state index contributed by atoms with van der Waals surface area (Å²) >= 11 is 0. The maximum absolute atomic E-state index is 11.6. The van der Waals surface area contributed by atoms with Crippen LogP contribution in [-0.4, -0.2) is 37.7 Å². The van der Waals surface area contributed by atoms with Gasteiger partial charge in [0.2, 0.25) is 5.95 Å². The van der Waals surface area contributed by atoms with Gasteiger partial charge in [-0.15, -0.1) is 0 Å². The van der Waals surface area contributed by atoms with Crippen molar-refractivity contribution < 1.29 is 8.42 Å². The Labute approximate surface area is 149 Å². The Kier molecular flexibility index (Phi) is 4.94. The molecule has 134 valence electrons. The van der Waals surface area contributed by atoms with Gasteiger partial charge < -0.3 is 10.2 Å². The summed E-state index contributed by atoms with van der Waals surface area (Å²) in [6.07, 6.45) is 3.58. The third kappa shape index (κ3) is 4.28. The van der Waals surface area contributed by atoms with Gasteiger partial charge in [-0.1, -0.05) is 12.1 Å². The fraction of sp³-hybridized carbons (Fsp3) is 0.444. The van der Waals surface area contributed by atoms with Gasteiger partial charge in [0, 0.05) is 37.1 Å². The summed E-state index contributed by atoms with van der Waals surface area (Å²) in [6, 6.07) is 8.90. The Hall–Kier alpha value is -2.15. The monoisotopic (exact) mass is 360 g/mol. The highest BCUT2D eigenvalue weighted by atomic mass is 32.2. The van der Waals surface area contributed by atoms with Gasteiger partial charge in [-0.05, 0) is 44.4 Å². The van der Waals surface area contributed by atoms with Gasteiger partial charge in [0.1, 0.15) is 5.82 Å². The summed E-state index contributed by atoms with van der Waals surface area (Å²) in [5.74, 6) is 1.56. The van der Waals surface area contributed by atoms with Crippen molar-refractivity contribution in [2.75, 3.05) is 29.6 Å². The molecule has 2 heterocycles. The van der Waals surface area contributed by atoms with E-state index in [4.69, 9.17) is 0 Å². The van der Waals surface area contributed by atoms with Crippen LogP contribution < -0.4 is 10.2 Å². The zero-order valence-electron chi connectivity index (χ0n) is 14.9. The molecule has 0 spiro atoms. The zero-order chi connectivity index (χ0) is 18.0. The third-order valence-corrected chi connectivity index (χ3v) is 5.53. The van der Waals surface area contributed by atoms with E-state index >= 15 is 0 Å². The van der Waals surface area contributed by atoms with E-state index in [1.165, 1.54) is 19.1 Å². The maximum Gasteiger partial charge on any atom is 0.227 e. The molecule has 1 saturated heterocycles. The molecule has 1 fully saturated rings. The number of hydrogen-bond acceptors (Lipinski definition) is 6. The molecule has 0 saturated carbocycles. The first-order valence-corrected chi connectivity index (χ1v) is 10.4. The minimum absolute atomic E-state index is 0.00865. The first-order valence-electron chi connectivity index (χ1n) is 8.50. The van der Waals surface area contributed by atoms with E-state index in [0.717, 1.165) is 36.1 Å². The fourth-order valence-corrected chi connectivity index (χ4v) is 3.62. The van der Waals surface area contributed by atoms with Crippen molar-refractivity contribution in [2.45, 2.75) is 37.6 Å². The average Bonchev–Trinajstić information content (AvgIpc) is 3.08. The predicted molar refractivity (Wildman–Crippen MR) is 99.8 cm³/mol.